The zero-order valence-electron chi connectivity index (χ0n) is 9.69. The highest BCUT2D eigenvalue weighted by Crippen LogP contribution is 2.23. The fourth-order valence-corrected chi connectivity index (χ4v) is 3.63. The number of unbranched alkanes of at least 4 members (excludes halogenated alkanes) is 3. The molecule has 0 aliphatic carbocycles. The molecule has 0 saturated heterocycles. The summed E-state index contributed by atoms with van der Waals surface area (Å²) in [6.45, 7) is 0.243. The lowest BCUT2D eigenvalue weighted by Crippen LogP contribution is -2.00. The summed E-state index contributed by atoms with van der Waals surface area (Å²) in [6, 6.07) is 5.35. The minimum atomic E-state index is -0.974. The smallest absolute Gasteiger partial charge is 0.0541 e. The average molecular weight is 320 g/mol. The molecule has 17 heavy (non-hydrogen) atoms. The van der Waals surface area contributed by atoms with Crippen molar-refractivity contribution in [3.05, 3.63) is 22.7 Å². The van der Waals surface area contributed by atoms with Gasteiger partial charge in [0, 0.05) is 22.5 Å². The molecule has 3 nitrogen and oxygen atoms in total. The summed E-state index contributed by atoms with van der Waals surface area (Å²) in [7, 11) is -0.974. The van der Waals surface area contributed by atoms with Gasteiger partial charge in [0.15, 0.2) is 0 Å². The van der Waals surface area contributed by atoms with E-state index in [1.807, 2.05) is 6.07 Å². The van der Waals surface area contributed by atoms with Crippen LogP contribution in [0.4, 0.5) is 5.69 Å². The molecule has 1 aromatic carbocycles. The zero-order valence-corrected chi connectivity index (χ0v) is 12.1. The molecule has 0 saturated carbocycles. The van der Waals surface area contributed by atoms with Crippen LogP contribution in [0.1, 0.15) is 25.7 Å². The first-order valence-electron chi connectivity index (χ1n) is 5.69. The van der Waals surface area contributed by atoms with Gasteiger partial charge in [-0.3, -0.25) is 4.21 Å². The Kier molecular flexibility index (Phi) is 6.77. The van der Waals surface area contributed by atoms with Gasteiger partial charge >= 0.3 is 0 Å². The highest BCUT2D eigenvalue weighted by atomic mass is 79.9. The van der Waals surface area contributed by atoms with Crippen molar-refractivity contribution >= 4 is 32.4 Å². The monoisotopic (exact) mass is 319 g/mol. The summed E-state index contributed by atoms with van der Waals surface area (Å²) >= 11 is 3.38. The van der Waals surface area contributed by atoms with Gasteiger partial charge in [-0.2, -0.15) is 0 Å². The third-order valence-corrected chi connectivity index (χ3v) is 4.86. The van der Waals surface area contributed by atoms with Crippen molar-refractivity contribution in [1.82, 2.24) is 0 Å². The molecule has 96 valence electrons. The SMILES string of the molecule is Nc1ccc(S(=O)CCCCCCO)c(Br)c1. The molecule has 0 fully saturated rings. The molecular weight excluding hydrogens is 302 g/mol. The Balaban J connectivity index is 2.42. The first-order valence-corrected chi connectivity index (χ1v) is 7.80. The topological polar surface area (TPSA) is 63.3 Å². The highest BCUT2D eigenvalue weighted by molar-refractivity contribution is 9.10. The fourth-order valence-electron chi connectivity index (χ4n) is 1.51. The van der Waals surface area contributed by atoms with E-state index in [1.165, 1.54) is 0 Å². The maximum Gasteiger partial charge on any atom is 0.0541 e. The van der Waals surface area contributed by atoms with E-state index in [1.54, 1.807) is 12.1 Å². The van der Waals surface area contributed by atoms with Crippen molar-refractivity contribution in [2.75, 3.05) is 18.1 Å². The van der Waals surface area contributed by atoms with Crippen LogP contribution in [0.25, 0.3) is 0 Å². The van der Waals surface area contributed by atoms with E-state index in [-0.39, 0.29) is 6.61 Å². The van der Waals surface area contributed by atoms with Crippen LogP contribution in [-0.4, -0.2) is 21.7 Å². The van der Waals surface area contributed by atoms with Gasteiger partial charge in [0.1, 0.15) is 0 Å². The number of anilines is 1. The van der Waals surface area contributed by atoms with Crippen LogP contribution < -0.4 is 5.73 Å². The second-order valence-electron chi connectivity index (χ2n) is 3.88. The highest BCUT2D eigenvalue weighted by Gasteiger charge is 2.08. The van der Waals surface area contributed by atoms with E-state index in [2.05, 4.69) is 15.9 Å². The minimum Gasteiger partial charge on any atom is -0.399 e. The molecule has 1 rings (SSSR count). The molecule has 1 atom stereocenters. The Morgan fingerprint density at radius 3 is 2.59 bits per heavy atom. The molecule has 0 aliphatic heterocycles. The Hall–Kier alpha value is -0.390. The van der Waals surface area contributed by atoms with E-state index < -0.39 is 10.8 Å². The van der Waals surface area contributed by atoms with E-state index >= 15 is 0 Å². The Labute approximate surface area is 113 Å². The van der Waals surface area contributed by atoms with Gasteiger partial charge in [0.05, 0.1) is 15.7 Å². The van der Waals surface area contributed by atoms with Crippen LogP contribution in [0.15, 0.2) is 27.6 Å². The predicted molar refractivity (Wildman–Crippen MR) is 75.4 cm³/mol. The third kappa shape index (κ3) is 5.19. The van der Waals surface area contributed by atoms with Crippen molar-refractivity contribution in [3.8, 4) is 0 Å². The van der Waals surface area contributed by atoms with Gasteiger partial charge in [-0.25, -0.2) is 0 Å². The number of hydrogen-bond donors (Lipinski definition) is 2. The van der Waals surface area contributed by atoms with Crippen LogP contribution in [0.5, 0.6) is 0 Å². The lowest BCUT2D eigenvalue weighted by molar-refractivity contribution is 0.283. The van der Waals surface area contributed by atoms with Crippen LogP contribution in [0.3, 0.4) is 0 Å². The normalized spacial score (nSPS) is 12.6. The van der Waals surface area contributed by atoms with E-state index in [0.717, 1.165) is 35.1 Å². The minimum absolute atomic E-state index is 0.243. The molecule has 3 N–H and O–H groups in total. The Morgan fingerprint density at radius 2 is 1.94 bits per heavy atom. The molecular formula is C12H18BrNO2S. The summed E-state index contributed by atoms with van der Waals surface area (Å²) in [4.78, 5) is 0.807. The number of hydrogen-bond acceptors (Lipinski definition) is 3. The molecule has 0 spiro atoms. The summed E-state index contributed by atoms with van der Waals surface area (Å²) in [5, 5.41) is 8.64. The number of rotatable bonds is 7. The van der Waals surface area contributed by atoms with Crippen molar-refractivity contribution < 1.29 is 9.32 Å². The van der Waals surface area contributed by atoms with Crippen molar-refractivity contribution in [2.24, 2.45) is 0 Å². The maximum absolute atomic E-state index is 12.0. The molecule has 0 aliphatic rings. The number of aliphatic hydroxyl groups excluding tert-OH is 1. The fraction of sp³-hybridized carbons (Fsp3) is 0.500. The van der Waals surface area contributed by atoms with E-state index in [0.29, 0.717) is 11.4 Å². The number of benzene rings is 1. The average Bonchev–Trinajstić information content (AvgIpc) is 2.28. The first kappa shape index (κ1) is 14.7. The van der Waals surface area contributed by atoms with E-state index in [4.69, 9.17) is 10.8 Å². The van der Waals surface area contributed by atoms with Crippen LogP contribution >= 0.6 is 15.9 Å². The molecule has 1 unspecified atom stereocenters. The summed E-state index contributed by atoms with van der Waals surface area (Å²) < 4.78 is 12.8. The molecule has 0 aromatic heterocycles. The maximum atomic E-state index is 12.0. The van der Waals surface area contributed by atoms with Gasteiger partial charge in [0.2, 0.25) is 0 Å². The van der Waals surface area contributed by atoms with Crippen LogP contribution in [0, 0.1) is 0 Å². The van der Waals surface area contributed by atoms with Gasteiger partial charge < -0.3 is 10.8 Å². The summed E-state index contributed by atoms with van der Waals surface area (Å²) in [5.74, 6) is 0.661. The predicted octanol–water partition coefficient (Wildman–Crippen LogP) is 2.69. The number of halogens is 1. The molecule has 0 amide bonds. The van der Waals surface area contributed by atoms with Crippen LogP contribution in [0.2, 0.25) is 0 Å². The number of aliphatic hydroxyl groups is 1. The molecule has 0 heterocycles. The second-order valence-corrected chi connectivity index (χ2v) is 6.27. The van der Waals surface area contributed by atoms with Crippen LogP contribution in [-0.2, 0) is 10.8 Å². The third-order valence-electron chi connectivity index (χ3n) is 2.44. The molecule has 1 aromatic rings. The van der Waals surface area contributed by atoms with Gasteiger partial charge in [-0.1, -0.05) is 12.8 Å². The van der Waals surface area contributed by atoms with Crippen molar-refractivity contribution in [1.29, 1.82) is 0 Å². The summed E-state index contributed by atoms with van der Waals surface area (Å²) in [5.41, 5.74) is 6.30. The first-order chi connectivity index (χ1) is 8.15. The second kappa shape index (κ2) is 7.84. The molecule has 0 radical (unpaired) electrons. The van der Waals surface area contributed by atoms with Crippen molar-refractivity contribution in [2.45, 2.75) is 30.6 Å². The number of nitrogen functional groups attached to an aromatic ring is 1. The largest absolute Gasteiger partial charge is 0.399 e. The van der Waals surface area contributed by atoms with Gasteiger partial charge in [-0.05, 0) is 47.0 Å². The standard InChI is InChI=1S/C12H18BrNO2S/c13-11-9-10(14)5-6-12(11)17(16)8-4-2-1-3-7-15/h5-6,9,15H,1-4,7-8,14H2. The van der Waals surface area contributed by atoms with Crippen molar-refractivity contribution in [3.63, 3.8) is 0 Å². The molecule has 0 bridgehead atoms. The van der Waals surface area contributed by atoms with E-state index in [9.17, 15) is 4.21 Å². The lowest BCUT2D eigenvalue weighted by Gasteiger charge is -2.05. The Bertz CT molecular complexity index is 385. The zero-order chi connectivity index (χ0) is 12.7. The number of nitrogens with two attached hydrogens (primary N) is 1. The molecule has 5 heteroatoms. The Morgan fingerprint density at radius 1 is 1.24 bits per heavy atom. The van der Waals surface area contributed by atoms with Gasteiger partial charge in [0.25, 0.3) is 0 Å². The lowest BCUT2D eigenvalue weighted by atomic mass is 10.2. The quantitative estimate of drug-likeness (QED) is 0.600. The summed E-state index contributed by atoms with van der Waals surface area (Å²) in [6.07, 6.45) is 3.76. The van der Waals surface area contributed by atoms with Gasteiger partial charge in [-0.15, -0.1) is 0 Å².